The monoisotopic (exact) mass is 758 g/mol. The number of aromatic nitrogens is 1. The Morgan fingerprint density at radius 3 is 2.02 bits per heavy atom. The molecule has 280 valence electrons. The van der Waals surface area contributed by atoms with Gasteiger partial charge in [0.15, 0.2) is 12.1 Å². The molecule has 7 nitrogen and oxygen atoms in total. The lowest BCUT2D eigenvalue weighted by molar-refractivity contribution is -0.268. The summed E-state index contributed by atoms with van der Waals surface area (Å²) in [7, 11) is 0. The second-order valence-electron chi connectivity index (χ2n) is 13.9. The molecule has 1 aliphatic rings. The number of hydrogen-bond acceptors (Lipinski definition) is 7. The Kier molecular flexibility index (Phi) is 11.5. The number of thioether (sulfide) groups is 1. The average Bonchev–Trinajstić information content (AvgIpc) is 3.71. The van der Waals surface area contributed by atoms with Gasteiger partial charge in [0.1, 0.15) is 5.69 Å². The van der Waals surface area contributed by atoms with Crippen LogP contribution in [0, 0.1) is 5.92 Å². The highest BCUT2D eigenvalue weighted by Gasteiger charge is 2.38. The van der Waals surface area contributed by atoms with Crippen molar-refractivity contribution in [2.75, 3.05) is 5.75 Å². The van der Waals surface area contributed by atoms with Gasteiger partial charge in [-0.25, -0.2) is 4.98 Å². The van der Waals surface area contributed by atoms with E-state index in [0.29, 0.717) is 23.1 Å². The summed E-state index contributed by atoms with van der Waals surface area (Å²) in [6, 6.07) is 53.7. The number of ether oxygens (including phenoxy) is 2. The lowest BCUT2D eigenvalue weighted by Gasteiger charge is -2.41. The number of nitrogens with one attached hydrogen (secondary N) is 1. The zero-order valence-electron chi connectivity index (χ0n) is 31.0. The molecule has 0 aliphatic carbocycles. The lowest BCUT2D eigenvalue weighted by Crippen LogP contribution is -2.38. The minimum absolute atomic E-state index is 0.00637. The average molecular weight is 759 g/mol. The maximum Gasteiger partial charge on any atom is 0.256 e. The van der Waals surface area contributed by atoms with E-state index in [-0.39, 0.29) is 30.6 Å². The molecule has 2 N–H and O–H groups in total. The van der Waals surface area contributed by atoms with E-state index in [1.165, 1.54) is 0 Å². The minimum atomic E-state index is -0.627. The molecule has 0 saturated carbocycles. The molecule has 0 radical (unpaired) electrons. The first-order valence-corrected chi connectivity index (χ1v) is 19.8. The fraction of sp³-hybridized carbons (Fsp3) is 0.167. The zero-order valence-corrected chi connectivity index (χ0v) is 31.8. The molecule has 1 aromatic heterocycles. The number of amides is 1. The summed E-state index contributed by atoms with van der Waals surface area (Å²) < 4.78 is 20.0. The van der Waals surface area contributed by atoms with Gasteiger partial charge in [-0.3, -0.25) is 4.79 Å². The highest BCUT2D eigenvalue weighted by Crippen LogP contribution is 2.44. The van der Waals surface area contributed by atoms with Gasteiger partial charge < -0.3 is 24.3 Å². The first-order chi connectivity index (χ1) is 27.5. The highest BCUT2D eigenvalue weighted by atomic mass is 32.2. The van der Waals surface area contributed by atoms with E-state index in [2.05, 4.69) is 42.6 Å². The van der Waals surface area contributed by atoms with Crippen LogP contribution in [-0.4, -0.2) is 27.9 Å². The van der Waals surface area contributed by atoms with Crippen LogP contribution < -0.4 is 5.32 Å². The van der Waals surface area contributed by atoms with Crippen LogP contribution in [0.5, 0.6) is 0 Å². The van der Waals surface area contributed by atoms with Crippen molar-refractivity contribution in [1.29, 1.82) is 0 Å². The summed E-state index contributed by atoms with van der Waals surface area (Å²) in [5.41, 5.74) is 9.25. The van der Waals surface area contributed by atoms with Crippen LogP contribution in [0.15, 0.2) is 173 Å². The number of nitrogens with zero attached hydrogens (tertiary/aromatic N) is 1. The van der Waals surface area contributed by atoms with Crippen LogP contribution in [0.2, 0.25) is 0 Å². The maximum atomic E-state index is 12.8. The van der Waals surface area contributed by atoms with Crippen LogP contribution in [-0.2, 0) is 22.6 Å². The van der Waals surface area contributed by atoms with E-state index < -0.39 is 6.29 Å². The smallest absolute Gasteiger partial charge is 0.256 e. The van der Waals surface area contributed by atoms with Crippen molar-refractivity contribution in [1.82, 2.24) is 10.3 Å². The zero-order chi connectivity index (χ0) is 38.3. The van der Waals surface area contributed by atoms with E-state index in [4.69, 9.17) is 18.9 Å². The second-order valence-corrected chi connectivity index (χ2v) is 14.8. The molecule has 2 heterocycles. The van der Waals surface area contributed by atoms with Crippen molar-refractivity contribution in [2.45, 2.75) is 43.8 Å². The van der Waals surface area contributed by atoms with Crippen LogP contribution in [0.25, 0.3) is 33.7 Å². The molecule has 4 atom stereocenters. The number of aliphatic hydroxyl groups excluding tert-OH is 1. The van der Waals surface area contributed by atoms with Gasteiger partial charge in [0.05, 0.1) is 18.8 Å². The molecule has 1 saturated heterocycles. The molecule has 6 aromatic carbocycles. The molecule has 0 spiro atoms. The molecule has 0 unspecified atom stereocenters. The molecule has 1 amide bonds. The normalized spacial score (nSPS) is 18.0. The Hall–Kier alpha value is -5.77. The summed E-state index contributed by atoms with van der Waals surface area (Å²) in [6.45, 7) is 2.54. The SMILES string of the molecule is C[C@H]1[C@@H](CSc2nc(-c3ccccc3)c(-c3ccccc3)o2)O[C@@H](c2ccc(-c3ccccc3CNC(=O)c3ccccc3)cc2)O[C@H]1c1ccc(CO)cc1. The van der Waals surface area contributed by atoms with Gasteiger partial charge in [0.25, 0.3) is 11.1 Å². The van der Waals surface area contributed by atoms with Gasteiger partial charge in [0.2, 0.25) is 0 Å². The minimum Gasteiger partial charge on any atom is -0.431 e. The summed E-state index contributed by atoms with van der Waals surface area (Å²) in [5, 5.41) is 13.3. The Labute approximate surface area is 331 Å². The largest absolute Gasteiger partial charge is 0.431 e. The van der Waals surface area contributed by atoms with Gasteiger partial charge in [0, 0.05) is 40.5 Å². The topological polar surface area (TPSA) is 93.8 Å². The molecule has 8 heteroatoms. The predicted octanol–water partition coefficient (Wildman–Crippen LogP) is 10.7. The Morgan fingerprint density at radius 1 is 0.696 bits per heavy atom. The first kappa shape index (κ1) is 37.2. The lowest BCUT2D eigenvalue weighted by atomic mass is 9.91. The fourth-order valence-electron chi connectivity index (χ4n) is 7.05. The van der Waals surface area contributed by atoms with E-state index in [0.717, 1.165) is 56.0 Å². The van der Waals surface area contributed by atoms with E-state index in [9.17, 15) is 9.90 Å². The summed E-state index contributed by atoms with van der Waals surface area (Å²) in [6.07, 6.45) is -1.09. The second kappa shape index (κ2) is 17.4. The number of aliphatic hydroxyl groups is 1. The number of carbonyl (C=O) groups excluding carboxylic acids is 1. The number of carbonyl (C=O) groups is 1. The molecule has 1 aliphatic heterocycles. The third kappa shape index (κ3) is 8.39. The first-order valence-electron chi connectivity index (χ1n) is 18.8. The van der Waals surface area contributed by atoms with Crippen molar-refractivity contribution in [3.63, 3.8) is 0 Å². The van der Waals surface area contributed by atoms with Crippen LogP contribution >= 0.6 is 11.8 Å². The van der Waals surface area contributed by atoms with Crippen LogP contribution in [0.4, 0.5) is 0 Å². The third-order valence-electron chi connectivity index (χ3n) is 10.2. The van der Waals surface area contributed by atoms with Crippen molar-refractivity contribution in [3.05, 3.63) is 192 Å². The van der Waals surface area contributed by atoms with Gasteiger partial charge in [-0.05, 0) is 39.9 Å². The molecule has 0 bridgehead atoms. The van der Waals surface area contributed by atoms with Gasteiger partial charge in [-0.15, -0.1) is 0 Å². The standard InChI is InChI=1S/C48H42N2O5S/c1-32-42(31-56-48-50-43(35-13-5-2-6-14-35)45(55-48)36-15-7-3-8-16-36)53-47(54-44(32)37-23-21-33(30-51)22-24-37)39-27-25-34(26-28-39)41-20-12-11-19-40(41)29-49-46(52)38-17-9-4-10-18-38/h2-28,32,42,44,47,51H,29-31H2,1H3,(H,49,52)/t32-,42+,44+,47+/m0/s1. The molecule has 56 heavy (non-hydrogen) atoms. The summed E-state index contributed by atoms with van der Waals surface area (Å²) in [4.78, 5) is 17.8. The molecular formula is C48H42N2O5S. The molecule has 1 fully saturated rings. The van der Waals surface area contributed by atoms with Gasteiger partial charge in [-0.1, -0.05) is 170 Å². The third-order valence-corrected chi connectivity index (χ3v) is 11.1. The molecule has 8 rings (SSSR count). The van der Waals surface area contributed by atoms with E-state index in [1.54, 1.807) is 11.8 Å². The number of hydrogen-bond donors (Lipinski definition) is 2. The van der Waals surface area contributed by atoms with Crippen molar-refractivity contribution < 1.29 is 23.8 Å². The highest BCUT2D eigenvalue weighted by molar-refractivity contribution is 7.99. The number of oxazole rings is 1. The Balaban J connectivity index is 1.04. The van der Waals surface area contributed by atoms with Gasteiger partial charge in [-0.2, -0.15) is 0 Å². The number of rotatable bonds is 12. The summed E-state index contributed by atoms with van der Waals surface area (Å²) >= 11 is 1.54. The number of benzene rings is 6. The molecule has 7 aromatic rings. The summed E-state index contributed by atoms with van der Waals surface area (Å²) in [5.74, 6) is 1.21. The quantitative estimate of drug-likeness (QED) is 0.120. The Bertz CT molecular complexity index is 2290. The van der Waals surface area contributed by atoms with Crippen molar-refractivity contribution in [3.8, 4) is 33.7 Å². The van der Waals surface area contributed by atoms with E-state index >= 15 is 0 Å². The van der Waals surface area contributed by atoms with Crippen molar-refractivity contribution >= 4 is 17.7 Å². The van der Waals surface area contributed by atoms with Crippen LogP contribution in [0.1, 0.15) is 51.9 Å². The predicted molar refractivity (Wildman–Crippen MR) is 221 cm³/mol. The van der Waals surface area contributed by atoms with E-state index in [1.807, 2.05) is 133 Å². The maximum absolute atomic E-state index is 12.8. The van der Waals surface area contributed by atoms with Crippen molar-refractivity contribution in [2.24, 2.45) is 5.92 Å². The van der Waals surface area contributed by atoms with Gasteiger partial charge >= 0.3 is 0 Å². The van der Waals surface area contributed by atoms with Crippen LogP contribution in [0.3, 0.4) is 0 Å². The molecular weight excluding hydrogens is 717 g/mol. The fourth-order valence-corrected chi connectivity index (χ4v) is 8.03. The Morgan fingerprint density at radius 2 is 1.32 bits per heavy atom.